The molecule has 0 saturated heterocycles. The first-order chi connectivity index (χ1) is 4.93. The van der Waals surface area contributed by atoms with Crippen LogP contribution in [0.2, 0.25) is 0 Å². The van der Waals surface area contributed by atoms with E-state index in [4.69, 9.17) is 0 Å². The highest BCUT2D eigenvalue weighted by Gasteiger charge is 1.91. The Balaban J connectivity index is 2.15. The number of alkyl halides is 1. The third-order valence-corrected chi connectivity index (χ3v) is 2.23. The molecule has 10 heavy (non-hydrogen) atoms. The number of hydrogen-bond acceptors (Lipinski definition) is 3. The van der Waals surface area contributed by atoms with Gasteiger partial charge in [0.2, 0.25) is 0 Å². The van der Waals surface area contributed by atoms with E-state index in [1.807, 2.05) is 11.7 Å². The minimum absolute atomic E-state index is 0.941. The van der Waals surface area contributed by atoms with Crippen molar-refractivity contribution in [1.29, 1.82) is 0 Å². The summed E-state index contributed by atoms with van der Waals surface area (Å²) in [5, 5.41) is 4.27. The van der Waals surface area contributed by atoms with Crippen LogP contribution in [0.1, 0.15) is 4.88 Å². The summed E-state index contributed by atoms with van der Waals surface area (Å²) >= 11 is 5.02. The lowest BCUT2D eigenvalue weighted by atomic mass is 10.5. The lowest BCUT2D eigenvalue weighted by Gasteiger charge is -1.96. The van der Waals surface area contributed by atoms with Crippen LogP contribution in [0, 0.1) is 0 Å². The lowest BCUT2D eigenvalue weighted by molar-refractivity contribution is 0.742. The first-order valence-electron chi connectivity index (χ1n) is 3.07. The number of halogens is 1. The van der Waals surface area contributed by atoms with Crippen LogP contribution in [0.5, 0.6) is 0 Å². The van der Waals surface area contributed by atoms with Gasteiger partial charge in [0, 0.05) is 29.5 Å². The van der Waals surface area contributed by atoms with E-state index in [-0.39, 0.29) is 0 Å². The number of aromatic nitrogens is 1. The van der Waals surface area contributed by atoms with Crippen LogP contribution in [0.4, 0.5) is 0 Å². The van der Waals surface area contributed by atoms with Crippen molar-refractivity contribution in [2.75, 3.05) is 11.9 Å². The van der Waals surface area contributed by atoms with E-state index in [1.54, 1.807) is 11.3 Å². The Labute approximate surface area is 72.8 Å². The highest BCUT2D eigenvalue weighted by molar-refractivity contribution is 9.09. The van der Waals surface area contributed by atoms with Crippen LogP contribution in [-0.4, -0.2) is 16.9 Å². The molecule has 0 aliphatic heterocycles. The Morgan fingerprint density at radius 2 is 2.60 bits per heavy atom. The van der Waals surface area contributed by atoms with Gasteiger partial charge in [0.15, 0.2) is 0 Å². The summed E-state index contributed by atoms with van der Waals surface area (Å²) in [6.45, 7) is 1.95. The zero-order chi connectivity index (χ0) is 7.23. The monoisotopic (exact) mass is 220 g/mol. The molecule has 1 aromatic rings. The fourth-order valence-electron chi connectivity index (χ4n) is 0.608. The molecular weight excluding hydrogens is 212 g/mol. The summed E-state index contributed by atoms with van der Waals surface area (Å²) in [4.78, 5) is 5.26. The van der Waals surface area contributed by atoms with E-state index in [0.717, 1.165) is 18.4 Å². The van der Waals surface area contributed by atoms with E-state index in [0.29, 0.717) is 0 Å². The summed E-state index contributed by atoms with van der Waals surface area (Å²) in [7, 11) is 0. The van der Waals surface area contributed by atoms with Gasteiger partial charge < -0.3 is 5.32 Å². The fraction of sp³-hybridized carbons (Fsp3) is 0.500. The molecule has 0 spiro atoms. The van der Waals surface area contributed by atoms with Gasteiger partial charge >= 0.3 is 0 Å². The second-order valence-corrected chi connectivity index (χ2v) is 3.60. The first-order valence-corrected chi connectivity index (χ1v) is 5.07. The number of thiazole rings is 1. The van der Waals surface area contributed by atoms with Gasteiger partial charge in [-0.15, -0.1) is 11.3 Å². The van der Waals surface area contributed by atoms with E-state index >= 15 is 0 Å². The maximum absolute atomic E-state index is 3.97. The average molecular weight is 221 g/mol. The van der Waals surface area contributed by atoms with Gasteiger partial charge in [0.25, 0.3) is 0 Å². The molecule has 0 aromatic carbocycles. The quantitative estimate of drug-likeness (QED) is 0.617. The summed E-state index contributed by atoms with van der Waals surface area (Å²) in [6.07, 6.45) is 1.89. The zero-order valence-electron chi connectivity index (χ0n) is 5.51. The van der Waals surface area contributed by atoms with E-state index in [1.165, 1.54) is 4.88 Å². The third-order valence-electron chi connectivity index (χ3n) is 1.05. The smallest absolute Gasteiger partial charge is 0.0794 e. The largest absolute Gasteiger partial charge is 0.311 e. The Morgan fingerprint density at radius 1 is 1.70 bits per heavy atom. The second-order valence-electron chi connectivity index (χ2n) is 1.83. The molecule has 0 saturated carbocycles. The molecule has 0 aliphatic rings. The Morgan fingerprint density at radius 3 is 3.20 bits per heavy atom. The third kappa shape index (κ3) is 2.77. The van der Waals surface area contributed by atoms with Crippen molar-refractivity contribution in [1.82, 2.24) is 10.3 Å². The van der Waals surface area contributed by atoms with Crippen molar-refractivity contribution in [3.63, 3.8) is 0 Å². The molecule has 0 unspecified atom stereocenters. The number of nitrogens with zero attached hydrogens (tertiary/aromatic N) is 1. The lowest BCUT2D eigenvalue weighted by Crippen LogP contribution is -2.14. The highest BCUT2D eigenvalue weighted by atomic mass is 79.9. The Bertz CT molecular complexity index is 164. The van der Waals surface area contributed by atoms with Gasteiger partial charge in [-0.3, -0.25) is 4.98 Å². The minimum atomic E-state index is 0.941. The summed E-state index contributed by atoms with van der Waals surface area (Å²) in [6, 6.07) is 0. The predicted octanol–water partition coefficient (Wildman–Crippen LogP) is 1.63. The van der Waals surface area contributed by atoms with Crippen molar-refractivity contribution < 1.29 is 0 Å². The molecule has 1 rings (SSSR count). The van der Waals surface area contributed by atoms with Crippen LogP contribution in [0.15, 0.2) is 11.7 Å². The number of nitrogens with one attached hydrogen (secondary N) is 1. The fourth-order valence-corrected chi connectivity index (χ4v) is 1.45. The average Bonchev–Trinajstić information content (AvgIpc) is 2.41. The number of hydrogen-bond donors (Lipinski definition) is 1. The molecule has 1 N–H and O–H groups in total. The second kappa shape index (κ2) is 4.82. The summed E-state index contributed by atoms with van der Waals surface area (Å²) in [5.41, 5.74) is 1.85. The van der Waals surface area contributed by atoms with Crippen LogP contribution < -0.4 is 5.32 Å². The van der Waals surface area contributed by atoms with Crippen molar-refractivity contribution in [3.8, 4) is 0 Å². The molecule has 0 bridgehead atoms. The molecule has 0 amide bonds. The van der Waals surface area contributed by atoms with Crippen molar-refractivity contribution in [3.05, 3.63) is 16.6 Å². The van der Waals surface area contributed by atoms with E-state index in [9.17, 15) is 0 Å². The normalized spacial score (nSPS) is 10.1. The van der Waals surface area contributed by atoms with Gasteiger partial charge in [0.05, 0.1) is 5.51 Å². The maximum atomic E-state index is 3.97. The van der Waals surface area contributed by atoms with Gasteiger partial charge in [-0.1, -0.05) is 15.9 Å². The molecular formula is C6H9BrN2S. The van der Waals surface area contributed by atoms with Crippen LogP contribution >= 0.6 is 27.3 Å². The predicted molar refractivity (Wildman–Crippen MR) is 47.6 cm³/mol. The van der Waals surface area contributed by atoms with Crippen molar-refractivity contribution in [2.45, 2.75) is 6.54 Å². The standard InChI is InChI=1S/C6H9BrN2S/c7-1-2-8-3-6-4-9-5-10-6/h4-5,8H,1-3H2. The van der Waals surface area contributed by atoms with Crippen LogP contribution in [-0.2, 0) is 6.54 Å². The Kier molecular flexibility index (Phi) is 3.94. The van der Waals surface area contributed by atoms with E-state index in [2.05, 4.69) is 26.2 Å². The number of rotatable bonds is 4. The molecule has 0 radical (unpaired) electrons. The van der Waals surface area contributed by atoms with Crippen LogP contribution in [0.3, 0.4) is 0 Å². The highest BCUT2D eigenvalue weighted by Crippen LogP contribution is 2.03. The maximum Gasteiger partial charge on any atom is 0.0794 e. The molecule has 0 atom stereocenters. The molecule has 4 heteroatoms. The van der Waals surface area contributed by atoms with Crippen molar-refractivity contribution in [2.24, 2.45) is 0 Å². The zero-order valence-corrected chi connectivity index (χ0v) is 7.91. The summed E-state index contributed by atoms with van der Waals surface area (Å²) in [5.74, 6) is 0. The van der Waals surface area contributed by atoms with Crippen LogP contribution in [0.25, 0.3) is 0 Å². The molecule has 1 heterocycles. The minimum Gasteiger partial charge on any atom is -0.311 e. The summed E-state index contributed by atoms with van der Waals surface area (Å²) < 4.78 is 0. The van der Waals surface area contributed by atoms with Gasteiger partial charge in [-0.05, 0) is 0 Å². The molecule has 0 fully saturated rings. The molecule has 56 valence electrons. The molecule has 1 aromatic heterocycles. The topological polar surface area (TPSA) is 24.9 Å². The van der Waals surface area contributed by atoms with Gasteiger partial charge in [-0.2, -0.15) is 0 Å². The van der Waals surface area contributed by atoms with Crippen molar-refractivity contribution >= 4 is 27.3 Å². The first kappa shape index (κ1) is 8.17. The molecule has 2 nitrogen and oxygen atoms in total. The SMILES string of the molecule is BrCCNCc1cncs1. The van der Waals surface area contributed by atoms with E-state index < -0.39 is 0 Å². The van der Waals surface area contributed by atoms with Gasteiger partial charge in [-0.25, -0.2) is 0 Å². The molecule has 0 aliphatic carbocycles. The Hall–Kier alpha value is 0.0700. The van der Waals surface area contributed by atoms with Gasteiger partial charge in [0.1, 0.15) is 0 Å².